The van der Waals surface area contributed by atoms with E-state index in [-0.39, 0.29) is 0 Å². The second-order valence-electron chi connectivity index (χ2n) is 5.04. The van der Waals surface area contributed by atoms with Crippen molar-refractivity contribution in [3.63, 3.8) is 0 Å². The summed E-state index contributed by atoms with van der Waals surface area (Å²) in [5, 5.41) is 0. The fourth-order valence-corrected chi connectivity index (χ4v) is 2.90. The number of nitrogens with two attached hydrogens (primary N) is 1. The number of hydrogen-bond donors (Lipinski definition) is 1. The van der Waals surface area contributed by atoms with Crippen LogP contribution < -0.4 is 5.73 Å². The molecule has 1 saturated carbocycles. The summed E-state index contributed by atoms with van der Waals surface area (Å²) in [7, 11) is 0. The van der Waals surface area contributed by atoms with Gasteiger partial charge in [0.1, 0.15) is 0 Å². The Balaban J connectivity index is 2.06. The number of halogens is 1. The van der Waals surface area contributed by atoms with E-state index in [2.05, 4.69) is 57.3 Å². The zero-order valence-corrected chi connectivity index (χ0v) is 12.1. The molecule has 0 aliphatic heterocycles. The van der Waals surface area contributed by atoms with Crippen molar-refractivity contribution in [3.05, 3.63) is 21.8 Å². The standard InChI is InChI=1S/C13H16IN3/c1-2-13(5-6-13)8-17-11-4-3-9(14)7-10(11)16-12(17)15/h3-4,7H,2,5-6,8H2,1H3,(H2,15,16). The number of nitrogens with zero attached hydrogens (tertiary/aromatic N) is 2. The van der Waals surface area contributed by atoms with E-state index in [0.717, 1.165) is 12.1 Å². The van der Waals surface area contributed by atoms with Gasteiger partial charge < -0.3 is 10.3 Å². The predicted molar refractivity (Wildman–Crippen MR) is 78.8 cm³/mol. The van der Waals surface area contributed by atoms with Gasteiger partial charge in [0.25, 0.3) is 0 Å². The van der Waals surface area contributed by atoms with Crippen LogP contribution in [0, 0.1) is 8.99 Å². The molecular formula is C13H16IN3. The van der Waals surface area contributed by atoms with Crippen molar-refractivity contribution < 1.29 is 0 Å². The fraction of sp³-hybridized carbons (Fsp3) is 0.462. The molecule has 1 aromatic carbocycles. The maximum Gasteiger partial charge on any atom is 0.201 e. The number of imidazole rings is 1. The van der Waals surface area contributed by atoms with Crippen molar-refractivity contribution in [2.24, 2.45) is 5.41 Å². The summed E-state index contributed by atoms with van der Waals surface area (Å²) in [6.45, 7) is 3.29. The molecule has 0 spiro atoms. The van der Waals surface area contributed by atoms with Gasteiger partial charge in [0, 0.05) is 10.1 Å². The predicted octanol–water partition coefficient (Wildman–Crippen LogP) is 3.41. The Morgan fingerprint density at radius 2 is 2.24 bits per heavy atom. The third-order valence-electron chi connectivity index (χ3n) is 3.94. The van der Waals surface area contributed by atoms with Crippen molar-refractivity contribution in [3.8, 4) is 0 Å². The second-order valence-corrected chi connectivity index (χ2v) is 6.29. The lowest BCUT2D eigenvalue weighted by Crippen LogP contribution is -2.12. The maximum atomic E-state index is 6.04. The maximum absolute atomic E-state index is 6.04. The lowest BCUT2D eigenvalue weighted by atomic mass is 10.0. The highest BCUT2D eigenvalue weighted by Crippen LogP contribution is 2.50. The Morgan fingerprint density at radius 3 is 2.88 bits per heavy atom. The average molecular weight is 341 g/mol. The van der Waals surface area contributed by atoms with Gasteiger partial charge >= 0.3 is 0 Å². The summed E-state index contributed by atoms with van der Waals surface area (Å²) in [5.74, 6) is 0.654. The zero-order valence-electron chi connectivity index (χ0n) is 9.91. The van der Waals surface area contributed by atoms with Crippen LogP contribution in [0.3, 0.4) is 0 Å². The molecule has 1 aromatic heterocycles. The minimum Gasteiger partial charge on any atom is -0.369 e. The van der Waals surface area contributed by atoms with Crippen LogP contribution in [0.1, 0.15) is 26.2 Å². The van der Waals surface area contributed by atoms with Crippen molar-refractivity contribution in [1.29, 1.82) is 0 Å². The molecule has 3 rings (SSSR count). The van der Waals surface area contributed by atoms with Gasteiger partial charge in [-0.15, -0.1) is 0 Å². The molecule has 0 amide bonds. The van der Waals surface area contributed by atoms with E-state index in [0.29, 0.717) is 11.4 Å². The van der Waals surface area contributed by atoms with E-state index in [1.807, 2.05) is 0 Å². The summed E-state index contributed by atoms with van der Waals surface area (Å²) in [6.07, 6.45) is 3.89. The topological polar surface area (TPSA) is 43.8 Å². The SMILES string of the molecule is CCC1(Cn2c(N)nc3cc(I)ccc32)CC1. The lowest BCUT2D eigenvalue weighted by Gasteiger charge is -2.15. The average Bonchev–Trinajstić information content (AvgIpc) is 3.01. The van der Waals surface area contributed by atoms with Crippen LogP contribution >= 0.6 is 22.6 Å². The highest BCUT2D eigenvalue weighted by atomic mass is 127. The molecule has 0 radical (unpaired) electrons. The lowest BCUT2D eigenvalue weighted by molar-refractivity contribution is 0.418. The summed E-state index contributed by atoms with van der Waals surface area (Å²) in [6, 6.07) is 6.34. The molecule has 2 aromatic rings. The normalized spacial score (nSPS) is 17.5. The van der Waals surface area contributed by atoms with E-state index < -0.39 is 0 Å². The number of rotatable bonds is 3. The summed E-state index contributed by atoms with van der Waals surface area (Å²) >= 11 is 2.31. The van der Waals surface area contributed by atoms with Gasteiger partial charge in [-0.1, -0.05) is 6.92 Å². The molecule has 0 unspecified atom stereocenters. The van der Waals surface area contributed by atoms with Crippen LogP contribution in [0.4, 0.5) is 5.95 Å². The van der Waals surface area contributed by atoms with Crippen molar-refractivity contribution in [2.75, 3.05) is 5.73 Å². The molecule has 0 bridgehead atoms. The monoisotopic (exact) mass is 341 g/mol. The largest absolute Gasteiger partial charge is 0.369 e. The molecule has 2 N–H and O–H groups in total. The molecule has 1 aliphatic rings. The van der Waals surface area contributed by atoms with Crippen LogP contribution in [-0.2, 0) is 6.54 Å². The van der Waals surface area contributed by atoms with Gasteiger partial charge in [-0.25, -0.2) is 4.98 Å². The second kappa shape index (κ2) is 3.86. The van der Waals surface area contributed by atoms with Crippen LogP contribution in [0.25, 0.3) is 11.0 Å². The smallest absolute Gasteiger partial charge is 0.201 e. The van der Waals surface area contributed by atoms with E-state index in [1.165, 1.54) is 28.3 Å². The minimum absolute atomic E-state index is 0.491. The first-order chi connectivity index (χ1) is 8.13. The third-order valence-corrected chi connectivity index (χ3v) is 4.61. The fourth-order valence-electron chi connectivity index (χ4n) is 2.42. The van der Waals surface area contributed by atoms with Gasteiger partial charge in [0.2, 0.25) is 5.95 Å². The summed E-state index contributed by atoms with van der Waals surface area (Å²) in [4.78, 5) is 4.46. The Bertz CT molecular complexity index is 569. The third kappa shape index (κ3) is 1.92. The molecular weight excluding hydrogens is 325 g/mol. The van der Waals surface area contributed by atoms with Crippen LogP contribution in [-0.4, -0.2) is 9.55 Å². The zero-order chi connectivity index (χ0) is 12.0. The summed E-state index contributed by atoms with van der Waals surface area (Å²) < 4.78 is 3.39. The van der Waals surface area contributed by atoms with Gasteiger partial charge in [0.15, 0.2) is 0 Å². The van der Waals surface area contributed by atoms with Gasteiger partial charge in [0.05, 0.1) is 11.0 Å². The number of benzene rings is 1. The number of fused-ring (bicyclic) bond motifs is 1. The van der Waals surface area contributed by atoms with Crippen LogP contribution in [0.15, 0.2) is 18.2 Å². The van der Waals surface area contributed by atoms with E-state index in [4.69, 9.17) is 5.73 Å². The minimum atomic E-state index is 0.491. The highest BCUT2D eigenvalue weighted by molar-refractivity contribution is 14.1. The first-order valence-electron chi connectivity index (χ1n) is 6.05. The molecule has 1 heterocycles. The molecule has 1 aliphatic carbocycles. The molecule has 17 heavy (non-hydrogen) atoms. The van der Waals surface area contributed by atoms with Crippen molar-refractivity contribution >= 4 is 39.6 Å². The molecule has 1 fully saturated rings. The molecule has 90 valence electrons. The molecule has 0 saturated heterocycles. The number of aromatic nitrogens is 2. The highest BCUT2D eigenvalue weighted by Gasteiger charge is 2.41. The van der Waals surface area contributed by atoms with Gasteiger partial charge in [-0.05, 0) is 65.5 Å². The Hall–Kier alpha value is -0.780. The quantitative estimate of drug-likeness (QED) is 0.870. The molecule has 4 heteroatoms. The number of nitrogen functional groups attached to an aromatic ring is 1. The first kappa shape index (κ1) is 11.3. The van der Waals surface area contributed by atoms with E-state index in [9.17, 15) is 0 Å². The first-order valence-corrected chi connectivity index (χ1v) is 7.13. The summed E-state index contributed by atoms with van der Waals surface area (Å²) in [5.41, 5.74) is 8.72. The van der Waals surface area contributed by atoms with Crippen LogP contribution in [0.2, 0.25) is 0 Å². The number of anilines is 1. The van der Waals surface area contributed by atoms with Crippen LogP contribution in [0.5, 0.6) is 0 Å². The van der Waals surface area contributed by atoms with Crippen molar-refractivity contribution in [1.82, 2.24) is 9.55 Å². The molecule has 3 nitrogen and oxygen atoms in total. The Kier molecular flexibility index (Phi) is 2.57. The van der Waals surface area contributed by atoms with E-state index in [1.54, 1.807) is 0 Å². The number of hydrogen-bond acceptors (Lipinski definition) is 2. The van der Waals surface area contributed by atoms with Gasteiger partial charge in [-0.2, -0.15) is 0 Å². The Morgan fingerprint density at radius 1 is 1.47 bits per heavy atom. The van der Waals surface area contributed by atoms with E-state index >= 15 is 0 Å². The van der Waals surface area contributed by atoms with Crippen molar-refractivity contribution in [2.45, 2.75) is 32.7 Å². The van der Waals surface area contributed by atoms with Gasteiger partial charge in [-0.3, -0.25) is 0 Å². The Labute approximate surface area is 115 Å². The molecule has 0 atom stereocenters.